The van der Waals surface area contributed by atoms with E-state index in [1.54, 1.807) is 6.92 Å². The molecule has 0 aliphatic rings. The monoisotopic (exact) mass is 247 g/mol. The smallest absolute Gasteiger partial charge is 0.139 e. The molecule has 2 aromatic rings. The van der Waals surface area contributed by atoms with Crippen LogP contribution in [0.4, 0.5) is 0 Å². The van der Waals surface area contributed by atoms with E-state index >= 15 is 0 Å². The first-order valence-electron chi connectivity index (χ1n) is 6.24. The largest absolute Gasteiger partial charge is 0.385 e. The zero-order valence-corrected chi connectivity index (χ0v) is 11.4. The van der Waals surface area contributed by atoms with Crippen molar-refractivity contribution in [3.8, 4) is 0 Å². The maximum absolute atomic E-state index is 9.89. The van der Waals surface area contributed by atoms with Gasteiger partial charge in [-0.05, 0) is 45.4 Å². The zero-order chi connectivity index (χ0) is 13.5. The molecule has 4 nitrogen and oxygen atoms in total. The van der Waals surface area contributed by atoms with Gasteiger partial charge in [0.25, 0.3) is 0 Å². The molecule has 0 aliphatic heterocycles. The molecule has 2 rings (SSSR count). The van der Waals surface area contributed by atoms with Crippen LogP contribution in [-0.4, -0.2) is 14.7 Å². The fourth-order valence-electron chi connectivity index (χ4n) is 2.26. The van der Waals surface area contributed by atoms with Crippen LogP contribution >= 0.6 is 0 Å². The summed E-state index contributed by atoms with van der Waals surface area (Å²) in [6.45, 7) is 8.57. The van der Waals surface area contributed by atoms with Gasteiger partial charge in [-0.25, -0.2) is 4.98 Å². The Labute approximate surface area is 107 Å². The minimum Gasteiger partial charge on any atom is -0.385 e. The summed E-state index contributed by atoms with van der Waals surface area (Å²) in [6, 6.07) is 6.03. The van der Waals surface area contributed by atoms with Gasteiger partial charge in [-0.15, -0.1) is 0 Å². The van der Waals surface area contributed by atoms with Crippen molar-refractivity contribution < 1.29 is 5.11 Å². The van der Waals surface area contributed by atoms with E-state index < -0.39 is 6.10 Å². The summed E-state index contributed by atoms with van der Waals surface area (Å²) in [4.78, 5) is 4.54. The second-order valence-electron chi connectivity index (χ2n) is 5.68. The summed E-state index contributed by atoms with van der Waals surface area (Å²) in [6.07, 6.45) is -0.585. The van der Waals surface area contributed by atoms with Crippen molar-refractivity contribution in [3.63, 3.8) is 0 Å². The average Bonchev–Trinajstić information content (AvgIpc) is 2.66. The molecule has 4 heteroatoms. The van der Waals surface area contributed by atoms with Gasteiger partial charge in [0.05, 0.1) is 11.0 Å². The molecule has 1 aromatic heterocycles. The molecule has 0 amide bonds. The van der Waals surface area contributed by atoms with Gasteiger partial charge in [0, 0.05) is 12.1 Å². The van der Waals surface area contributed by atoms with Crippen LogP contribution in [0.3, 0.4) is 0 Å². The fraction of sp³-hybridized carbons (Fsp3) is 0.500. The van der Waals surface area contributed by atoms with Crippen LogP contribution in [0.15, 0.2) is 18.2 Å². The standard InChI is InChI=1S/C14H21N3O/c1-9(18)13-16-11-7-10(8-15)5-6-12(11)17(13)14(2,3)4/h5-7,9,18H,8,15H2,1-4H3/t9-/m0/s1. The molecule has 1 heterocycles. The highest BCUT2D eigenvalue weighted by Gasteiger charge is 2.23. The third kappa shape index (κ3) is 2.13. The number of nitrogens with two attached hydrogens (primary N) is 1. The number of hydrogen-bond donors (Lipinski definition) is 2. The number of nitrogens with zero attached hydrogens (tertiary/aromatic N) is 2. The summed E-state index contributed by atoms with van der Waals surface area (Å²) in [5.74, 6) is 0.701. The van der Waals surface area contributed by atoms with E-state index in [4.69, 9.17) is 5.73 Å². The summed E-state index contributed by atoms with van der Waals surface area (Å²) in [5.41, 5.74) is 8.51. The lowest BCUT2D eigenvalue weighted by Crippen LogP contribution is -2.25. The van der Waals surface area contributed by atoms with E-state index in [9.17, 15) is 5.11 Å². The molecule has 18 heavy (non-hydrogen) atoms. The molecular weight excluding hydrogens is 226 g/mol. The minimum absolute atomic E-state index is 0.120. The van der Waals surface area contributed by atoms with Crippen molar-refractivity contribution in [1.29, 1.82) is 0 Å². The molecule has 0 radical (unpaired) electrons. The van der Waals surface area contributed by atoms with E-state index in [0.717, 1.165) is 16.6 Å². The highest BCUT2D eigenvalue weighted by molar-refractivity contribution is 5.77. The highest BCUT2D eigenvalue weighted by Crippen LogP contribution is 2.28. The Balaban J connectivity index is 2.76. The first-order valence-corrected chi connectivity index (χ1v) is 6.24. The molecule has 1 aromatic carbocycles. The topological polar surface area (TPSA) is 64.1 Å². The van der Waals surface area contributed by atoms with Crippen molar-refractivity contribution in [2.24, 2.45) is 5.73 Å². The summed E-state index contributed by atoms with van der Waals surface area (Å²) in [7, 11) is 0. The number of hydrogen-bond acceptors (Lipinski definition) is 3. The Kier molecular flexibility index (Phi) is 3.17. The van der Waals surface area contributed by atoms with Gasteiger partial charge in [-0.1, -0.05) is 6.07 Å². The van der Waals surface area contributed by atoms with Gasteiger partial charge in [0.15, 0.2) is 0 Å². The number of aromatic nitrogens is 2. The Hall–Kier alpha value is -1.39. The van der Waals surface area contributed by atoms with E-state index in [1.807, 2.05) is 18.2 Å². The molecular formula is C14H21N3O. The first-order chi connectivity index (χ1) is 8.34. The van der Waals surface area contributed by atoms with Gasteiger partial charge >= 0.3 is 0 Å². The molecule has 1 atom stereocenters. The van der Waals surface area contributed by atoms with Crippen LogP contribution in [0.25, 0.3) is 11.0 Å². The van der Waals surface area contributed by atoms with Crippen molar-refractivity contribution in [2.75, 3.05) is 0 Å². The number of rotatable bonds is 2. The van der Waals surface area contributed by atoms with Crippen molar-refractivity contribution in [3.05, 3.63) is 29.6 Å². The Morgan fingerprint density at radius 1 is 1.39 bits per heavy atom. The lowest BCUT2D eigenvalue weighted by atomic mass is 10.1. The Bertz CT molecular complexity index is 564. The molecule has 0 saturated heterocycles. The normalized spacial score (nSPS) is 14.1. The summed E-state index contributed by atoms with van der Waals surface area (Å²) in [5, 5.41) is 9.89. The van der Waals surface area contributed by atoms with Crippen LogP contribution in [-0.2, 0) is 12.1 Å². The third-order valence-electron chi connectivity index (χ3n) is 3.03. The quantitative estimate of drug-likeness (QED) is 0.856. The molecule has 0 fully saturated rings. The molecule has 98 valence electrons. The zero-order valence-electron chi connectivity index (χ0n) is 11.4. The van der Waals surface area contributed by atoms with Gasteiger partial charge in [-0.3, -0.25) is 0 Å². The lowest BCUT2D eigenvalue weighted by Gasteiger charge is -2.25. The number of aliphatic hydroxyl groups excluding tert-OH is 1. The van der Waals surface area contributed by atoms with Crippen LogP contribution in [0.2, 0.25) is 0 Å². The van der Waals surface area contributed by atoms with E-state index in [1.165, 1.54) is 0 Å². The second-order valence-corrected chi connectivity index (χ2v) is 5.68. The lowest BCUT2D eigenvalue weighted by molar-refractivity contribution is 0.176. The van der Waals surface area contributed by atoms with Crippen molar-refractivity contribution in [2.45, 2.75) is 45.9 Å². The molecule has 0 spiro atoms. The average molecular weight is 247 g/mol. The van der Waals surface area contributed by atoms with E-state index in [-0.39, 0.29) is 5.54 Å². The maximum atomic E-state index is 9.89. The first kappa shape index (κ1) is 13.1. The Morgan fingerprint density at radius 3 is 2.56 bits per heavy atom. The molecule has 0 saturated carbocycles. The molecule has 0 bridgehead atoms. The van der Waals surface area contributed by atoms with Gasteiger partial charge < -0.3 is 15.4 Å². The third-order valence-corrected chi connectivity index (χ3v) is 3.03. The number of imidazole rings is 1. The van der Waals surface area contributed by atoms with Crippen LogP contribution < -0.4 is 5.73 Å². The van der Waals surface area contributed by atoms with Gasteiger partial charge in [-0.2, -0.15) is 0 Å². The van der Waals surface area contributed by atoms with Gasteiger partial charge in [0.2, 0.25) is 0 Å². The Morgan fingerprint density at radius 2 is 2.06 bits per heavy atom. The molecule has 0 aliphatic carbocycles. The van der Waals surface area contributed by atoms with E-state index in [2.05, 4.69) is 30.3 Å². The van der Waals surface area contributed by atoms with Crippen LogP contribution in [0.5, 0.6) is 0 Å². The number of aliphatic hydroxyl groups is 1. The van der Waals surface area contributed by atoms with Crippen molar-refractivity contribution in [1.82, 2.24) is 9.55 Å². The second kappa shape index (κ2) is 4.37. The molecule has 0 unspecified atom stereocenters. The van der Waals surface area contributed by atoms with E-state index in [0.29, 0.717) is 12.4 Å². The van der Waals surface area contributed by atoms with Crippen LogP contribution in [0, 0.1) is 0 Å². The van der Waals surface area contributed by atoms with Crippen molar-refractivity contribution >= 4 is 11.0 Å². The SMILES string of the molecule is C[C@H](O)c1nc2cc(CN)ccc2n1C(C)(C)C. The predicted octanol–water partition coefficient (Wildman–Crippen LogP) is 2.30. The summed E-state index contributed by atoms with van der Waals surface area (Å²) < 4.78 is 2.09. The van der Waals surface area contributed by atoms with Crippen LogP contribution in [0.1, 0.15) is 45.2 Å². The molecule has 3 N–H and O–H groups in total. The van der Waals surface area contributed by atoms with Gasteiger partial charge in [0.1, 0.15) is 11.9 Å². The minimum atomic E-state index is -0.585. The number of fused-ring (bicyclic) bond motifs is 1. The fourth-order valence-corrected chi connectivity index (χ4v) is 2.26. The highest BCUT2D eigenvalue weighted by atomic mass is 16.3. The summed E-state index contributed by atoms with van der Waals surface area (Å²) >= 11 is 0. The predicted molar refractivity (Wildman–Crippen MR) is 73.3 cm³/mol. The number of benzene rings is 1. The maximum Gasteiger partial charge on any atom is 0.139 e.